The van der Waals surface area contributed by atoms with Gasteiger partial charge in [0.15, 0.2) is 5.82 Å². The molecule has 5 heteroatoms. The molecular formula is C9H11N5. The van der Waals surface area contributed by atoms with Crippen molar-refractivity contribution in [3.05, 3.63) is 41.7 Å². The Morgan fingerprint density at radius 1 is 1.14 bits per heavy atom. The lowest BCUT2D eigenvalue weighted by molar-refractivity contribution is 0.663. The van der Waals surface area contributed by atoms with Gasteiger partial charge in [-0.15, -0.1) is 10.2 Å². The van der Waals surface area contributed by atoms with E-state index in [1.807, 2.05) is 18.2 Å². The average molecular weight is 189 g/mol. The van der Waals surface area contributed by atoms with Crippen LogP contribution in [-0.4, -0.2) is 20.6 Å². The standard InChI is InChI=1S/C9H11N5/c1-2-4-8(5-3-1)6-10-7-9-11-13-14-12-9/h1-5,10H,6-7H2,(H,11,12,13,14). The van der Waals surface area contributed by atoms with E-state index in [1.54, 1.807) is 0 Å². The fraction of sp³-hybridized carbons (Fsp3) is 0.222. The molecule has 0 saturated heterocycles. The summed E-state index contributed by atoms with van der Waals surface area (Å²) in [5.41, 5.74) is 1.25. The Bertz CT molecular complexity index is 356. The minimum absolute atomic E-state index is 0.630. The number of benzene rings is 1. The minimum Gasteiger partial charge on any atom is -0.306 e. The fourth-order valence-electron chi connectivity index (χ4n) is 1.17. The molecule has 1 aromatic heterocycles. The third-order valence-electron chi connectivity index (χ3n) is 1.84. The highest BCUT2D eigenvalue weighted by molar-refractivity contribution is 5.14. The van der Waals surface area contributed by atoms with E-state index < -0.39 is 0 Å². The highest BCUT2D eigenvalue weighted by Gasteiger charge is 1.96. The third-order valence-corrected chi connectivity index (χ3v) is 1.84. The van der Waals surface area contributed by atoms with Crippen molar-refractivity contribution >= 4 is 0 Å². The number of aromatic nitrogens is 4. The first-order chi connectivity index (χ1) is 6.95. The Morgan fingerprint density at radius 2 is 2.00 bits per heavy atom. The van der Waals surface area contributed by atoms with Crippen LogP contribution in [0.5, 0.6) is 0 Å². The zero-order chi connectivity index (χ0) is 9.64. The first-order valence-electron chi connectivity index (χ1n) is 4.42. The second-order valence-corrected chi connectivity index (χ2v) is 2.92. The van der Waals surface area contributed by atoms with E-state index in [2.05, 4.69) is 38.1 Å². The van der Waals surface area contributed by atoms with Crippen LogP contribution in [0.25, 0.3) is 0 Å². The molecule has 0 amide bonds. The zero-order valence-electron chi connectivity index (χ0n) is 7.64. The Labute approximate surface area is 81.5 Å². The van der Waals surface area contributed by atoms with Crippen molar-refractivity contribution in [3.8, 4) is 0 Å². The van der Waals surface area contributed by atoms with Gasteiger partial charge in [-0.1, -0.05) is 35.5 Å². The molecule has 0 aliphatic carbocycles. The largest absolute Gasteiger partial charge is 0.306 e. The third kappa shape index (κ3) is 2.37. The zero-order valence-corrected chi connectivity index (χ0v) is 7.64. The van der Waals surface area contributed by atoms with Crippen LogP contribution < -0.4 is 5.32 Å². The fourth-order valence-corrected chi connectivity index (χ4v) is 1.17. The van der Waals surface area contributed by atoms with E-state index in [0.717, 1.165) is 6.54 Å². The molecule has 0 saturated carbocycles. The minimum atomic E-state index is 0.630. The number of rotatable bonds is 4. The highest BCUT2D eigenvalue weighted by Crippen LogP contribution is 1.97. The molecule has 0 atom stereocenters. The smallest absolute Gasteiger partial charge is 0.188 e. The Hall–Kier alpha value is -1.75. The Kier molecular flexibility index (Phi) is 2.82. The molecule has 1 aromatic carbocycles. The van der Waals surface area contributed by atoms with Crippen molar-refractivity contribution < 1.29 is 0 Å². The van der Waals surface area contributed by atoms with Crippen LogP contribution in [0.1, 0.15) is 11.4 Å². The summed E-state index contributed by atoms with van der Waals surface area (Å²) in [4.78, 5) is 0. The van der Waals surface area contributed by atoms with Crippen molar-refractivity contribution in [1.29, 1.82) is 0 Å². The van der Waals surface area contributed by atoms with Gasteiger partial charge < -0.3 is 5.32 Å². The molecule has 72 valence electrons. The van der Waals surface area contributed by atoms with E-state index in [9.17, 15) is 0 Å². The normalized spacial score (nSPS) is 10.3. The van der Waals surface area contributed by atoms with Gasteiger partial charge in [-0.3, -0.25) is 0 Å². The number of nitrogens with zero attached hydrogens (tertiary/aromatic N) is 3. The molecular weight excluding hydrogens is 178 g/mol. The van der Waals surface area contributed by atoms with Crippen LogP contribution in [0.15, 0.2) is 30.3 Å². The lowest BCUT2D eigenvalue weighted by atomic mass is 10.2. The van der Waals surface area contributed by atoms with E-state index in [0.29, 0.717) is 12.4 Å². The molecule has 0 spiro atoms. The first-order valence-corrected chi connectivity index (χ1v) is 4.42. The van der Waals surface area contributed by atoms with Crippen LogP contribution in [0, 0.1) is 0 Å². The molecule has 14 heavy (non-hydrogen) atoms. The molecule has 5 nitrogen and oxygen atoms in total. The molecule has 0 aliphatic heterocycles. The summed E-state index contributed by atoms with van der Waals surface area (Å²) >= 11 is 0. The van der Waals surface area contributed by atoms with Gasteiger partial charge in [-0.25, -0.2) is 0 Å². The average Bonchev–Trinajstić information content (AvgIpc) is 2.72. The molecule has 2 N–H and O–H groups in total. The van der Waals surface area contributed by atoms with E-state index in [1.165, 1.54) is 5.56 Å². The maximum atomic E-state index is 3.84. The molecule has 2 aromatic rings. The molecule has 1 heterocycles. The number of aromatic amines is 1. The summed E-state index contributed by atoms with van der Waals surface area (Å²) in [6, 6.07) is 10.2. The van der Waals surface area contributed by atoms with Gasteiger partial charge in [0.25, 0.3) is 0 Å². The second-order valence-electron chi connectivity index (χ2n) is 2.92. The van der Waals surface area contributed by atoms with Crippen LogP contribution in [0.2, 0.25) is 0 Å². The number of hydrogen-bond donors (Lipinski definition) is 2. The van der Waals surface area contributed by atoms with Gasteiger partial charge in [0.05, 0.1) is 6.54 Å². The van der Waals surface area contributed by atoms with Crippen molar-refractivity contribution in [2.24, 2.45) is 0 Å². The van der Waals surface area contributed by atoms with Crippen molar-refractivity contribution in [1.82, 2.24) is 25.9 Å². The topological polar surface area (TPSA) is 66.5 Å². The quantitative estimate of drug-likeness (QED) is 0.734. The molecule has 0 bridgehead atoms. The van der Waals surface area contributed by atoms with E-state index in [-0.39, 0.29) is 0 Å². The van der Waals surface area contributed by atoms with Gasteiger partial charge in [-0.05, 0) is 5.56 Å². The molecule has 0 fully saturated rings. The SMILES string of the molecule is c1ccc(CNCc2nn[nH]n2)cc1. The van der Waals surface area contributed by atoms with Gasteiger partial charge in [0.2, 0.25) is 0 Å². The summed E-state index contributed by atoms with van der Waals surface area (Å²) in [5, 5.41) is 16.8. The monoisotopic (exact) mass is 189 g/mol. The number of H-pyrrole nitrogens is 1. The predicted molar refractivity (Wildman–Crippen MR) is 51.2 cm³/mol. The second kappa shape index (κ2) is 4.48. The van der Waals surface area contributed by atoms with E-state index >= 15 is 0 Å². The number of hydrogen-bond acceptors (Lipinski definition) is 4. The van der Waals surface area contributed by atoms with Gasteiger partial charge in [-0.2, -0.15) is 5.21 Å². The summed E-state index contributed by atoms with van der Waals surface area (Å²) < 4.78 is 0. The first kappa shape index (κ1) is 8.83. The molecule has 0 unspecified atom stereocenters. The van der Waals surface area contributed by atoms with Crippen molar-refractivity contribution in [2.75, 3.05) is 0 Å². The summed E-state index contributed by atoms with van der Waals surface area (Å²) in [6.07, 6.45) is 0. The summed E-state index contributed by atoms with van der Waals surface area (Å²) in [5.74, 6) is 0.681. The molecule has 0 aliphatic rings. The van der Waals surface area contributed by atoms with Crippen LogP contribution >= 0.6 is 0 Å². The van der Waals surface area contributed by atoms with Crippen molar-refractivity contribution in [2.45, 2.75) is 13.1 Å². The van der Waals surface area contributed by atoms with Crippen LogP contribution in [-0.2, 0) is 13.1 Å². The van der Waals surface area contributed by atoms with Crippen molar-refractivity contribution in [3.63, 3.8) is 0 Å². The maximum absolute atomic E-state index is 3.84. The lowest BCUT2D eigenvalue weighted by Crippen LogP contribution is -2.13. The van der Waals surface area contributed by atoms with Gasteiger partial charge in [0.1, 0.15) is 0 Å². The number of tetrazole rings is 1. The lowest BCUT2D eigenvalue weighted by Gasteiger charge is -2.00. The van der Waals surface area contributed by atoms with Gasteiger partial charge in [0, 0.05) is 6.54 Å². The Balaban J connectivity index is 1.79. The highest BCUT2D eigenvalue weighted by atomic mass is 15.5. The van der Waals surface area contributed by atoms with Gasteiger partial charge >= 0.3 is 0 Å². The molecule has 2 rings (SSSR count). The Morgan fingerprint density at radius 3 is 2.71 bits per heavy atom. The maximum Gasteiger partial charge on any atom is 0.188 e. The van der Waals surface area contributed by atoms with E-state index in [4.69, 9.17) is 0 Å². The summed E-state index contributed by atoms with van der Waals surface area (Å²) in [6.45, 7) is 1.45. The number of nitrogens with one attached hydrogen (secondary N) is 2. The van der Waals surface area contributed by atoms with Crippen LogP contribution in [0.4, 0.5) is 0 Å². The van der Waals surface area contributed by atoms with Crippen LogP contribution in [0.3, 0.4) is 0 Å². The predicted octanol–water partition coefficient (Wildman–Crippen LogP) is 0.489. The summed E-state index contributed by atoms with van der Waals surface area (Å²) in [7, 11) is 0. The molecule has 0 radical (unpaired) electrons.